The van der Waals surface area contributed by atoms with Crippen LogP contribution in [0.5, 0.6) is 5.75 Å². The summed E-state index contributed by atoms with van der Waals surface area (Å²) in [5.41, 5.74) is 3.05. The highest BCUT2D eigenvalue weighted by Crippen LogP contribution is 2.20. The molecule has 0 spiro atoms. The molecule has 4 heteroatoms. The maximum absolute atomic E-state index is 5.73. The Bertz CT molecular complexity index is 456. The highest BCUT2D eigenvalue weighted by atomic mass is 32.1. The molecule has 3 nitrogen and oxygen atoms in total. The van der Waals surface area contributed by atoms with Crippen LogP contribution in [0.3, 0.4) is 0 Å². The number of hydrogen-bond acceptors (Lipinski definition) is 4. The molecule has 1 unspecified atom stereocenters. The van der Waals surface area contributed by atoms with E-state index < -0.39 is 0 Å². The lowest BCUT2D eigenvalue weighted by Crippen LogP contribution is -2.12. The van der Waals surface area contributed by atoms with Crippen LogP contribution in [0.25, 0.3) is 0 Å². The maximum Gasteiger partial charge on any atom is 0.124 e. The predicted octanol–water partition coefficient (Wildman–Crippen LogP) is 3.00. The van der Waals surface area contributed by atoms with E-state index in [1.807, 2.05) is 30.9 Å². The highest BCUT2D eigenvalue weighted by Gasteiger charge is 2.04. The molecule has 2 aromatic rings. The molecule has 17 heavy (non-hydrogen) atoms. The normalized spacial score (nSPS) is 12.4. The van der Waals surface area contributed by atoms with Crippen molar-refractivity contribution >= 4 is 11.3 Å². The van der Waals surface area contributed by atoms with Gasteiger partial charge in [0.25, 0.3) is 0 Å². The Morgan fingerprint density at radius 2 is 2.35 bits per heavy atom. The summed E-state index contributed by atoms with van der Waals surface area (Å²) in [4.78, 5) is 5.16. The van der Waals surface area contributed by atoms with Gasteiger partial charge in [0.1, 0.15) is 12.4 Å². The number of hydrogen-bond donors (Lipinski definition) is 1. The van der Waals surface area contributed by atoms with E-state index in [-0.39, 0.29) is 0 Å². The topological polar surface area (TPSA) is 34.1 Å². The zero-order valence-electron chi connectivity index (χ0n) is 10.0. The third kappa shape index (κ3) is 3.28. The molecule has 0 amide bonds. The van der Waals surface area contributed by atoms with Gasteiger partial charge in [-0.25, -0.2) is 0 Å². The van der Waals surface area contributed by atoms with E-state index in [0.717, 1.165) is 10.6 Å². The molecule has 1 aromatic heterocycles. The fourth-order valence-corrected chi connectivity index (χ4v) is 2.01. The molecule has 2 rings (SSSR count). The molecule has 0 aliphatic carbocycles. The van der Waals surface area contributed by atoms with Gasteiger partial charge in [0.15, 0.2) is 0 Å². The average molecular weight is 248 g/mol. The van der Waals surface area contributed by atoms with Gasteiger partial charge >= 0.3 is 0 Å². The molecular formula is C13H16N2OS. The second-order valence-electron chi connectivity index (χ2n) is 3.84. The second kappa shape index (κ2) is 5.80. The number of ether oxygens (including phenoxy) is 1. The number of rotatable bonds is 5. The van der Waals surface area contributed by atoms with Gasteiger partial charge in [-0.2, -0.15) is 0 Å². The quantitative estimate of drug-likeness (QED) is 0.883. The first-order chi connectivity index (χ1) is 8.29. The second-order valence-corrected chi connectivity index (χ2v) is 4.81. The number of nitrogens with zero attached hydrogens (tertiary/aromatic N) is 1. The van der Waals surface area contributed by atoms with E-state index in [1.165, 1.54) is 5.56 Å². The third-order valence-corrected chi connectivity index (χ3v) is 3.41. The Hall–Kier alpha value is -1.39. The Balaban J connectivity index is 2.01. The summed E-state index contributed by atoms with van der Waals surface area (Å²) < 4.78 is 5.73. The molecule has 0 radical (unpaired) electrons. The minimum atomic E-state index is 0.335. The predicted molar refractivity (Wildman–Crippen MR) is 70.4 cm³/mol. The van der Waals surface area contributed by atoms with E-state index in [1.54, 1.807) is 11.3 Å². The monoisotopic (exact) mass is 248 g/mol. The molecular weight excluding hydrogens is 232 g/mol. The summed E-state index contributed by atoms with van der Waals surface area (Å²) >= 11 is 1.61. The van der Waals surface area contributed by atoms with E-state index in [9.17, 15) is 0 Å². The number of thiazole rings is 1. The third-order valence-electron chi connectivity index (χ3n) is 2.66. The van der Waals surface area contributed by atoms with Crippen LogP contribution in [-0.2, 0) is 6.61 Å². The summed E-state index contributed by atoms with van der Waals surface area (Å²) in [7, 11) is 1.95. The van der Waals surface area contributed by atoms with Crippen LogP contribution in [0.1, 0.15) is 23.4 Å². The molecule has 1 atom stereocenters. The van der Waals surface area contributed by atoms with Gasteiger partial charge in [-0.15, -0.1) is 11.3 Å². The van der Waals surface area contributed by atoms with Gasteiger partial charge in [-0.3, -0.25) is 4.98 Å². The molecule has 0 saturated carbocycles. The molecule has 0 aliphatic heterocycles. The van der Waals surface area contributed by atoms with Gasteiger partial charge in [-0.1, -0.05) is 12.1 Å². The Morgan fingerprint density at radius 1 is 1.47 bits per heavy atom. The highest BCUT2D eigenvalue weighted by molar-refractivity contribution is 7.09. The van der Waals surface area contributed by atoms with Crippen molar-refractivity contribution in [3.8, 4) is 5.75 Å². The van der Waals surface area contributed by atoms with Gasteiger partial charge < -0.3 is 10.1 Å². The van der Waals surface area contributed by atoms with Gasteiger partial charge in [0.2, 0.25) is 0 Å². The van der Waals surface area contributed by atoms with Crippen molar-refractivity contribution in [3.63, 3.8) is 0 Å². The summed E-state index contributed by atoms with van der Waals surface area (Å²) in [6.45, 7) is 2.71. The van der Waals surface area contributed by atoms with Crippen LogP contribution in [0, 0.1) is 0 Å². The maximum atomic E-state index is 5.73. The molecule has 0 bridgehead atoms. The van der Waals surface area contributed by atoms with Crippen molar-refractivity contribution in [3.05, 3.63) is 46.4 Å². The Labute approximate surface area is 105 Å². The van der Waals surface area contributed by atoms with Gasteiger partial charge in [0.05, 0.1) is 10.4 Å². The minimum absolute atomic E-state index is 0.335. The SMILES string of the molecule is CNC(C)c1cccc(OCc2cncs2)c1. The van der Waals surface area contributed by atoms with Crippen LogP contribution in [-0.4, -0.2) is 12.0 Å². The van der Waals surface area contributed by atoms with Crippen LogP contribution in [0.15, 0.2) is 36.0 Å². The fraction of sp³-hybridized carbons (Fsp3) is 0.308. The van der Waals surface area contributed by atoms with Crippen LogP contribution < -0.4 is 10.1 Å². The number of aromatic nitrogens is 1. The zero-order chi connectivity index (χ0) is 12.1. The number of benzene rings is 1. The van der Waals surface area contributed by atoms with Crippen LogP contribution >= 0.6 is 11.3 Å². The van der Waals surface area contributed by atoms with Crippen molar-refractivity contribution in [2.24, 2.45) is 0 Å². The average Bonchev–Trinajstić information content (AvgIpc) is 2.89. The summed E-state index contributed by atoms with van der Waals surface area (Å²) in [6.07, 6.45) is 1.84. The molecule has 1 aromatic carbocycles. The van der Waals surface area contributed by atoms with E-state index in [2.05, 4.69) is 29.4 Å². The largest absolute Gasteiger partial charge is 0.488 e. The van der Waals surface area contributed by atoms with Crippen molar-refractivity contribution in [2.45, 2.75) is 19.6 Å². The molecule has 1 heterocycles. The van der Waals surface area contributed by atoms with Crippen molar-refractivity contribution in [1.29, 1.82) is 0 Å². The fourth-order valence-electron chi connectivity index (χ4n) is 1.51. The Kier molecular flexibility index (Phi) is 4.12. The van der Waals surface area contributed by atoms with Crippen molar-refractivity contribution in [2.75, 3.05) is 7.05 Å². The molecule has 1 N–H and O–H groups in total. The van der Waals surface area contributed by atoms with E-state index in [4.69, 9.17) is 4.74 Å². The summed E-state index contributed by atoms with van der Waals surface area (Å²) in [6, 6.07) is 8.50. The summed E-state index contributed by atoms with van der Waals surface area (Å²) in [5, 5.41) is 3.21. The first-order valence-corrected chi connectivity index (χ1v) is 6.45. The number of nitrogens with one attached hydrogen (secondary N) is 1. The summed E-state index contributed by atoms with van der Waals surface area (Å²) in [5.74, 6) is 0.901. The lowest BCUT2D eigenvalue weighted by atomic mass is 10.1. The van der Waals surface area contributed by atoms with Gasteiger partial charge in [0, 0.05) is 12.2 Å². The van der Waals surface area contributed by atoms with Crippen molar-refractivity contribution < 1.29 is 4.74 Å². The zero-order valence-corrected chi connectivity index (χ0v) is 10.8. The molecule has 0 aliphatic rings. The molecule has 0 saturated heterocycles. The van der Waals surface area contributed by atoms with Crippen LogP contribution in [0.4, 0.5) is 0 Å². The van der Waals surface area contributed by atoms with Gasteiger partial charge in [-0.05, 0) is 31.7 Å². The van der Waals surface area contributed by atoms with Crippen molar-refractivity contribution in [1.82, 2.24) is 10.3 Å². The van der Waals surface area contributed by atoms with E-state index in [0.29, 0.717) is 12.6 Å². The first kappa shape index (κ1) is 12.1. The molecule has 90 valence electrons. The van der Waals surface area contributed by atoms with E-state index >= 15 is 0 Å². The molecule has 0 fully saturated rings. The smallest absolute Gasteiger partial charge is 0.124 e. The lowest BCUT2D eigenvalue weighted by molar-refractivity contribution is 0.309. The Morgan fingerprint density at radius 3 is 3.06 bits per heavy atom. The standard InChI is InChI=1S/C13H16N2OS/c1-10(14-2)11-4-3-5-12(6-11)16-8-13-7-15-9-17-13/h3-7,9-10,14H,8H2,1-2H3. The van der Waals surface area contributed by atoms with Crippen LogP contribution in [0.2, 0.25) is 0 Å². The first-order valence-electron chi connectivity index (χ1n) is 5.57. The minimum Gasteiger partial charge on any atom is -0.488 e. The lowest BCUT2D eigenvalue weighted by Gasteiger charge is -2.12.